The molecule has 0 aromatic heterocycles. The summed E-state index contributed by atoms with van der Waals surface area (Å²) in [6.45, 7) is 14.8. The molecule has 4 aliphatic carbocycles. The van der Waals surface area contributed by atoms with Crippen molar-refractivity contribution in [3.63, 3.8) is 0 Å². The molecule has 6 fully saturated rings. The summed E-state index contributed by atoms with van der Waals surface area (Å²) >= 11 is 0. The van der Waals surface area contributed by atoms with Crippen LogP contribution in [-0.2, 0) is 4.74 Å². The number of aliphatic hydroxyl groups excluding tert-OH is 3. The normalized spacial score (nSPS) is 51.8. The van der Waals surface area contributed by atoms with E-state index in [4.69, 9.17) is 4.74 Å². The molecule has 5 N–H and O–H groups in total. The molecule has 0 aromatic rings. The van der Waals surface area contributed by atoms with Gasteiger partial charge in [-0.1, -0.05) is 39.3 Å². The number of hydrogen-bond donors (Lipinski definition) is 5. The third kappa shape index (κ3) is 3.30. The second kappa shape index (κ2) is 8.02. The van der Waals surface area contributed by atoms with E-state index in [1.807, 2.05) is 6.92 Å². The Morgan fingerprint density at radius 2 is 1.64 bits per heavy atom. The number of hydrogen-bond acceptors (Lipinski definition) is 6. The highest BCUT2D eigenvalue weighted by atomic mass is 16.6. The van der Waals surface area contributed by atoms with Crippen LogP contribution < -0.4 is 0 Å². The minimum absolute atomic E-state index is 0.0433. The molecular weight excluding hydrogens is 456 g/mol. The molecule has 1 unspecified atom stereocenters. The average Bonchev–Trinajstić information content (AvgIpc) is 3.11. The van der Waals surface area contributed by atoms with E-state index in [0.717, 1.165) is 44.1 Å². The summed E-state index contributed by atoms with van der Waals surface area (Å²) in [5.41, 5.74) is -0.779. The summed E-state index contributed by atoms with van der Waals surface area (Å²) in [5, 5.41) is 54.4. The van der Waals surface area contributed by atoms with Gasteiger partial charge in [0.1, 0.15) is 12.2 Å². The summed E-state index contributed by atoms with van der Waals surface area (Å²) in [6.07, 6.45) is 5.37. The monoisotopic (exact) mass is 506 g/mol. The Bertz CT molecular complexity index is 911. The Balaban J connectivity index is 1.47. The van der Waals surface area contributed by atoms with Gasteiger partial charge in [0.05, 0.1) is 18.3 Å². The number of ether oxygens (including phenoxy) is 1. The van der Waals surface area contributed by atoms with Crippen molar-refractivity contribution in [2.45, 2.75) is 123 Å². The van der Waals surface area contributed by atoms with Crippen LogP contribution in [0.15, 0.2) is 11.6 Å². The first-order valence-electron chi connectivity index (χ1n) is 14.3. The largest absolute Gasteiger partial charge is 0.393 e. The highest BCUT2D eigenvalue weighted by Gasteiger charge is 2.75. The first-order valence-corrected chi connectivity index (χ1v) is 14.3. The first-order chi connectivity index (χ1) is 16.4. The molecule has 6 heteroatoms. The van der Waals surface area contributed by atoms with Crippen molar-refractivity contribution in [1.82, 2.24) is 0 Å². The fraction of sp³-hybridized carbons (Fsp3) is 0.933. The zero-order valence-corrected chi connectivity index (χ0v) is 23.4. The average molecular weight is 507 g/mol. The van der Waals surface area contributed by atoms with E-state index in [2.05, 4.69) is 27.7 Å². The van der Waals surface area contributed by atoms with Crippen LogP contribution >= 0.6 is 0 Å². The molecule has 0 amide bonds. The van der Waals surface area contributed by atoms with Crippen LogP contribution in [0.25, 0.3) is 0 Å². The summed E-state index contributed by atoms with van der Waals surface area (Å²) in [5.74, 6) is -0.0598. The molecule has 0 radical (unpaired) electrons. The van der Waals surface area contributed by atoms with Crippen LogP contribution in [0.3, 0.4) is 0 Å². The van der Waals surface area contributed by atoms with Crippen LogP contribution in [-0.4, -0.2) is 61.8 Å². The lowest BCUT2D eigenvalue weighted by Gasteiger charge is -2.74. The molecule has 6 nitrogen and oxygen atoms in total. The van der Waals surface area contributed by atoms with Gasteiger partial charge in [0, 0.05) is 17.3 Å². The maximum atomic E-state index is 11.9. The summed E-state index contributed by atoms with van der Waals surface area (Å²) in [4.78, 5) is 0. The van der Waals surface area contributed by atoms with Gasteiger partial charge in [0.25, 0.3) is 0 Å². The lowest BCUT2D eigenvalue weighted by Crippen LogP contribution is -2.75. The summed E-state index contributed by atoms with van der Waals surface area (Å²) in [7, 11) is 0. The van der Waals surface area contributed by atoms with Crippen LogP contribution in [0.5, 0.6) is 0 Å². The topological polar surface area (TPSA) is 110 Å². The zero-order valence-electron chi connectivity index (χ0n) is 23.4. The Labute approximate surface area is 217 Å². The smallest absolute Gasteiger partial charge is 0.170 e. The molecule has 2 saturated heterocycles. The molecule has 2 heterocycles. The van der Waals surface area contributed by atoms with E-state index in [-0.39, 0.29) is 33.5 Å². The summed E-state index contributed by atoms with van der Waals surface area (Å²) < 4.78 is 6.24. The number of aliphatic hydroxyl groups is 5. The first kappa shape index (κ1) is 27.1. The van der Waals surface area contributed by atoms with Crippen molar-refractivity contribution >= 4 is 0 Å². The van der Waals surface area contributed by atoms with E-state index in [1.54, 1.807) is 6.08 Å². The van der Waals surface area contributed by atoms with Crippen molar-refractivity contribution in [2.75, 3.05) is 6.61 Å². The highest BCUT2D eigenvalue weighted by molar-refractivity contribution is 5.25. The molecule has 4 saturated carbocycles. The van der Waals surface area contributed by atoms with Crippen molar-refractivity contribution in [3.8, 4) is 0 Å². The van der Waals surface area contributed by atoms with Gasteiger partial charge in [0.2, 0.25) is 0 Å². The molecule has 206 valence electrons. The van der Waals surface area contributed by atoms with Crippen LogP contribution in [0, 0.1) is 45.3 Å². The molecule has 6 rings (SSSR count). The summed E-state index contributed by atoms with van der Waals surface area (Å²) in [6, 6.07) is 0. The van der Waals surface area contributed by atoms with E-state index < -0.39 is 29.7 Å². The Kier molecular flexibility index (Phi) is 6.03. The van der Waals surface area contributed by atoms with Gasteiger partial charge in [-0.25, -0.2) is 0 Å². The molecule has 11 atom stereocenters. The predicted molar refractivity (Wildman–Crippen MR) is 138 cm³/mol. The number of allylic oxidation sites excluding steroid dienone is 1. The quantitative estimate of drug-likeness (QED) is 0.371. The van der Waals surface area contributed by atoms with Gasteiger partial charge >= 0.3 is 0 Å². The van der Waals surface area contributed by atoms with Gasteiger partial charge in [-0.05, 0) is 93.8 Å². The van der Waals surface area contributed by atoms with Gasteiger partial charge in [-0.15, -0.1) is 0 Å². The molecule has 6 aliphatic rings. The minimum Gasteiger partial charge on any atom is -0.393 e. The maximum absolute atomic E-state index is 11.9. The van der Waals surface area contributed by atoms with E-state index in [0.29, 0.717) is 24.9 Å². The third-order valence-electron chi connectivity index (χ3n) is 12.9. The van der Waals surface area contributed by atoms with Gasteiger partial charge in [-0.3, -0.25) is 0 Å². The van der Waals surface area contributed by atoms with Gasteiger partial charge in [0.15, 0.2) is 5.79 Å². The van der Waals surface area contributed by atoms with E-state index in [1.165, 1.54) is 13.8 Å². The van der Waals surface area contributed by atoms with Crippen molar-refractivity contribution < 1.29 is 30.3 Å². The number of fused-ring (bicyclic) bond motifs is 5. The highest BCUT2D eigenvalue weighted by Crippen LogP contribution is 2.77. The third-order valence-corrected chi connectivity index (χ3v) is 12.9. The molecule has 36 heavy (non-hydrogen) atoms. The molecule has 2 aliphatic heterocycles. The van der Waals surface area contributed by atoms with E-state index in [9.17, 15) is 25.5 Å². The lowest BCUT2D eigenvalue weighted by molar-refractivity contribution is -0.404. The van der Waals surface area contributed by atoms with Crippen molar-refractivity contribution in [1.29, 1.82) is 0 Å². The molecule has 0 aromatic carbocycles. The minimum atomic E-state index is -1.39. The molecular formula is C30H50O6. The fourth-order valence-electron chi connectivity index (χ4n) is 10.6. The second-order valence-corrected chi connectivity index (χ2v) is 15.0. The van der Waals surface area contributed by atoms with Gasteiger partial charge < -0.3 is 30.3 Å². The fourth-order valence-corrected chi connectivity index (χ4v) is 10.6. The SMILES string of the molecule is C/C(=C\[C@H](O)C(O)C(C)(C)O)[C@H]1CC[C@]2(C)[C@@H]1C[C@@H](O)[C@@H]1[C@]34CC[C@](O)(OC3)C(C)(C)[C@@H]4CC[C@]12C. The predicted octanol–water partition coefficient (Wildman–Crippen LogP) is 3.78. The number of rotatable bonds is 4. The standard InChI is InChI=1S/C30H50O6/c1-17(14-21(32)24(33)26(4,5)34)18-8-10-27(6)19(18)15-20(31)23-28(27,7)11-9-22-25(2,3)30(35)13-12-29(22,23)16-36-30/h14,18-24,31-35H,8-13,15-16H2,1-7H3/b17-14+/t18-,19-,20-,21+,22+,23+,24?,27-,28-,29-,30+/m1/s1. The molecule has 1 spiro atoms. The lowest BCUT2D eigenvalue weighted by atomic mass is 9.33. The van der Waals surface area contributed by atoms with Crippen LogP contribution in [0.1, 0.15) is 93.4 Å². The Morgan fingerprint density at radius 3 is 2.22 bits per heavy atom. The van der Waals surface area contributed by atoms with Gasteiger partial charge in [-0.2, -0.15) is 0 Å². The molecule has 2 bridgehead atoms. The van der Waals surface area contributed by atoms with Crippen molar-refractivity contribution in [2.24, 2.45) is 45.3 Å². The van der Waals surface area contributed by atoms with Crippen LogP contribution in [0.2, 0.25) is 0 Å². The Morgan fingerprint density at radius 1 is 1.00 bits per heavy atom. The van der Waals surface area contributed by atoms with E-state index >= 15 is 0 Å². The second-order valence-electron chi connectivity index (χ2n) is 15.0. The van der Waals surface area contributed by atoms with Crippen molar-refractivity contribution in [3.05, 3.63) is 11.6 Å². The van der Waals surface area contributed by atoms with Crippen LogP contribution in [0.4, 0.5) is 0 Å². The maximum Gasteiger partial charge on any atom is 0.170 e. The Hall–Kier alpha value is -0.500. The zero-order chi connectivity index (χ0) is 26.7.